The maximum absolute atomic E-state index is 13.2. The minimum Gasteiger partial charge on any atom is -0.309 e. The predicted molar refractivity (Wildman–Crippen MR) is 60.0 cm³/mol. The van der Waals surface area contributed by atoms with Crippen LogP contribution in [0.1, 0.15) is 32.9 Å². The minimum absolute atomic E-state index is 0.234. The second-order valence-corrected chi connectivity index (χ2v) is 4.34. The lowest BCUT2D eigenvalue weighted by atomic mass is 10.1. The highest BCUT2D eigenvalue weighted by molar-refractivity contribution is 5.06. The molecule has 0 aliphatic rings. The van der Waals surface area contributed by atoms with Gasteiger partial charge in [-0.1, -0.05) is 13.8 Å². The Balaban J connectivity index is 2.40. The fraction of sp³-hybridized carbons (Fsp3) is 0.583. The third-order valence-corrected chi connectivity index (χ3v) is 2.28. The largest absolute Gasteiger partial charge is 0.309 e. The number of rotatable bonds is 5. The third kappa shape index (κ3) is 4.38. The number of nitrogens with one attached hydrogen (secondary N) is 1. The van der Waals surface area contributed by atoms with Gasteiger partial charge in [-0.2, -0.15) is 0 Å². The molecule has 0 bridgehead atoms. The van der Waals surface area contributed by atoms with Crippen molar-refractivity contribution in [2.75, 3.05) is 0 Å². The van der Waals surface area contributed by atoms with Crippen molar-refractivity contribution in [1.29, 1.82) is 0 Å². The number of halogens is 1. The van der Waals surface area contributed by atoms with Crippen molar-refractivity contribution >= 4 is 0 Å². The Morgan fingerprint density at radius 2 is 2.13 bits per heavy atom. The summed E-state index contributed by atoms with van der Waals surface area (Å²) in [5, 5.41) is 3.27. The summed E-state index contributed by atoms with van der Waals surface area (Å²) in [5.41, 5.74) is 0.494. The van der Waals surface area contributed by atoms with Crippen LogP contribution in [0.25, 0.3) is 0 Å². The molecule has 1 atom stereocenters. The Bertz CT molecular complexity index is 299. The molecule has 15 heavy (non-hydrogen) atoms. The molecule has 1 rings (SSSR count). The minimum atomic E-state index is -0.234. The van der Waals surface area contributed by atoms with Gasteiger partial charge in [0.05, 0.1) is 5.69 Å². The topological polar surface area (TPSA) is 24.9 Å². The summed E-state index contributed by atoms with van der Waals surface area (Å²) >= 11 is 0. The molecule has 0 saturated carbocycles. The normalized spacial score (nSPS) is 13.1. The van der Waals surface area contributed by atoms with E-state index < -0.39 is 0 Å². The van der Waals surface area contributed by atoms with Crippen molar-refractivity contribution in [2.24, 2.45) is 5.92 Å². The lowest BCUT2D eigenvalue weighted by molar-refractivity contribution is 0.434. The molecule has 0 amide bonds. The smallest absolute Gasteiger partial charge is 0.146 e. The predicted octanol–water partition coefficient (Wildman–Crippen LogP) is 2.74. The van der Waals surface area contributed by atoms with Crippen molar-refractivity contribution in [2.45, 2.75) is 39.8 Å². The first kappa shape index (κ1) is 12.1. The zero-order chi connectivity index (χ0) is 11.3. The van der Waals surface area contributed by atoms with Crippen LogP contribution in [0, 0.1) is 11.7 Å². The fourth-order valence-electron chi connectivity index (χ4n) is 1.61. The van der Waals surface area contributed by atoms with Crippen LogP contribution < -0.4 is 5.32 Å². The summed E-state index contributed by atoms with van der Waals surface area (Å²) in [6, 6.07) is 3.44. The van der Waals surface area contributed by atoms with Crippen LogP contribution in [0.4, 0.5) is 4.39 Å². The third-order valence-electron chi connectivity index (χ3n) is 2.28. The Morgan fingerprint density at radius 1 is 1.40 bits per heavy atom. The van der Waals surface area contributed by atoms with Gasteiger partial charge in [-0.05, 0) is 31.4 Å². The van der Waals surface area contributed by atoms with E-state index in [-0.39, 0.29) is 5.82 Å². The molecule has 1 heterocycles. The molecule has 0 radical (unpaired) electrons. The van der Waals surface area contributed by atoms with E-state index in [9.17, 15) is 4.39 Å². The molecule has 0 saturated heterocycles. The van der Waals surface area contributed by atoms with E-state index in [2.05, 4.69) is 31.1 Å². The zero-order valence-electron chi connectivity index (χ0n) is 9.63. The van der Waals surface area contributed by atoms with E-state index in [1.807, 2.05) is 0 Å². The molecule has 0 aromatic carbocycles. The molecular weight excluding hydrogens is 191 g/mol. The van der Waals surface area contributed by atoms with Crippen molar-refractivity contribution in [3.05, 3.63) is 29.8 Å². The van der Waals surface area contributed by atoms with Gasteiger partial charge < -0.3 is 5.32 Å². The molecule has 1 unspecified atom stereocenters. The molecule has 0 fully saturated rings. The summed E-state index contributed by atoms with van der Waals surface area (Å²) in [6.45, 7) is 6.97. The van der Waals surface area contributed by atoms with E-state index in [4.69, 9.17) is 0 Å². The Kier molecular flexibility index (Phi) is 4.69. The van der Waals surface area contributed by atoms with E-state index >= 15 is 0 Å². The van der Waals surface area contributed by atoms with Gasteiger partial charge in [0.2, 0.25) is 0 Å². The summed E-state index contributed by atoms with van der Waals surface area (Å²) in [7, 11) is 0. The van der Waals surface area contributed by atoms with E-state index in [0.29, 0.717) is 24.2 Å². The van der Waals surface area contributed by atoms with Gasteiger partial charge in [0, 0.05) is 18.8 Å². The van der Waals surface area contributed by atoms with Crippen LogP contribution in [0.5, 0.6) is 0 Å². The van der Waals surface area contributed by atoms with Crippen LogP contribution in [-0.2, 0) is 6.54 Å². The Hall–Kier alpha value is -0.960. The van der Waals surface area contributed by atoms with Gasteiger partial charge in [0.1, 0.15) is 5.82 Å². The highest BCUT2D eigenvalue weighted by atomic mass is 19.1. The first-order valence-electron chi connectivity index (χ1n) is 5.42. The monoisotopic (exact) mass is 210 g/mol. The molecule has 0 aliphatic heterocycles. The van der Waals surface area contributed by atoms with Gasteiger partial charge in [-0.3, -0.25) is 4.98 Å². The summed E-state index contributed by atoms with van der Waals surface area (Å²) in [4.78, 5) is 3.99. The van der Waals surface area contributed by atoms with Gasteiger partial charge in [-0.25, -0.2) is 4.39 Å². The lowest BCUT2D eigenvalue weighted by Crippen LogP contribution is -2.27. The molecule has 84 valence electrons. The standard InChI is InChI=1S/C12H19FN2/c1-9(2)7-10(3)15-8-12-11(13)5-4-6-14-12/h4-6,9-10,15H,7-8H2,1-3H3. The van der Waals surface area contributed by atoms with Gasteiger partial charge in [0.15, 0.2) is 0 Å². The van der Waals surface area contributed by atoms with Crippen molar-refractivity contribution < 1.29 is 4.39 Å². The zero-order valence-corrected chi connectivity index (χ0v) is 9.63. The molecule has 1 aromatic heterocycles. The quantitative estimate of drug-likeness (QED) is 0.808. The van der Waals surface area contributed by atoms with E-state index in [0.717, 1.165) is 6.42 Å². The second-order valence-electron chi connectivity index (χ2n) is 4.34. The molecule has 1 N–H and O–H groups in total. The fourth-order valence-corrected chi connectivity index (χ4v) is 1.61. The maximum Gasteiger partial charge on any atom is 0.146 e. The van der Waals surface area contributed by atoms with Gasteiger partial charge >= 0.3 is 0 Å². The SMILES string of the molecule is CC(C)CC(C)NCc1ncccc1F. The number of hydrogen-bond acceptors (Lipinski definition) is 2. The summed E-state index contributed by atoms with van der Waals surface area (Å²) in [5.74, 6) is 0.419. The molecule has 2 nitrogen and oxygen atoms in total. The molecule has 3 heteroatoms. The van der Waals surface area contributed by atoms with Crippen molar-refractivity contribution in [3.63, 3.8) is 0 Å². The average Bonchev–Trinajstić information content (AvgIpc) is 2.15. The second kappa shape index (κ2) is 5.81. The van der Waals surface area contributed by atoms with Gasteiger partial charge in [0.25, 0.3) is 0 Å². The highest BCUT2D eigenvalue weighted by Gasteiger charge is 2.06. The number of nitrogens with zero attached hydrogens (tertiary/aromatic N) is 1. The summed E-state index contributed by atoms with van der Waals surface area (Å²) < 4.78 is 13.2. The first-order valence-corrected chi connectivity index (χ1v) is 5.42. The lowest BCUT2D eigenvalue weighted by Gasteiger charge is -2.15. The van der Waals surface area contributed by atoms with E-state index in [1.54, 1.807) is 12.3 Å². The van der Waals surface area contributed by atoms with Crippen molar-refractivity contribution in [1.82, 2.24) is 10.3 Å². The molecule has 0 spiro atoms. The van der Waals surface area contributed by atoms with Crippen LogP contribution in [0.15, 0.2) is 18.3 Å². The maximum atomic E-state index is 13.2. The van der Waals surface area contributed by atoms with Crippen LogP contribution in [0.2, 0.25) is 0 Å². The highest BCUT2D eigenvalue weighted by Crippen LogP contribution is 2.06. The number of aromatic nitrogens is 1. The first-order chi connectivity index (χ1) is 7.09. The summed E-state index contributed by atoms with van der Waals surface area (Å²) in [6.07, 6.45) is 2.71. The van der Waals surface area contributed by atoms with Crippen LogP contribution >= 0.6 is 0 Å². The Labute approximate surface area is 90.9 Å². The molecule has 1 aromatic rings. The average molecular weight is 210 g/mol. The van der Waals surface area contributed by atoms with E-state index in [1.165, 1.54) is 6.07 Å². The molecular formula is C12H19FN2. The molecule has 0 aliphatic carbocycles. The Morgan fingerprint density at radius 3 is 2.73 bits per heavy atom. The number of pyridine rings is 1. The van der Waals surface area contributed by atoms with Crippen LogP contribution in [0.3, 0.4) is 0 Å². The number of hydrogen-bond donors (Lipinski definition) is 1. The van der Waals surface area contributed by atoms with Gasteiger partial charge in [-0.15, -0.1) is 0 Å². The van der Waals surface area contributed by atoms with Crippen molar-refractivity contribution in [3.8, 4) is 0 Å². The van der Waals surface area contributed by atoms with Crippen LogP contribution in [-0.4, -0.2) is 11.0 Å².